The lowest BCUT2D eigenvalue weighted by atomic mass is 10.1. The lowest BCUT2D eigenvalue weighted by molar-refractivity contribution is 0.235. The van der Waals surface area contributed by atoms with Crippen LogP contribution in [0.4, 0.5) is 10.6 Å². The van der Waals surface area contributed by atoms with Gasteiger partial charge in [-0.15, -0.1) is 0 Å². The molecule has 0 saturated carbocycles. The van der Waals surface area contributed by atoms with Gasteiger partial charge in [0.15, 0.2) is 11.5 Å². The predicted octanol–water partition coefficient (Wildman–Crippen LogP) is 2.44. The van der Waals surface area contributed by atoms with Crippen LogP contribution in [-0.4, -0.2) is 46.2 Å². The summed E-state index contributed by atoms with van der Waals surface area (Å²) in [6, 6.07) is 11.8. The molecule has 1 fully saturated rings. The number of fused-ring (bicyclic) bond motifs is 1. The van der Waals surface area contributed by atoms with Crippen molar-refractivity contribution in [2.45, 2.75) is 39.3 Å². The van der Waals surface area contributed by atoms with Crippen molar-refractivity contribution in [1.29, 1.82) is 0 Å². The van der Waals surface area contributed by atoms with Crippen LogP contribution in [0.2, 0.25) is 0 Å². The van der Waals surface area contributed by atoms with Crippen molar-refractivity contribution in [2.24, 2.45) is 0 Å². The Morgan fingerprint density at radius 3 is 2.61 bits per heavy atom. The van der Waals surface area contributed by atoms with Gasteiger partial charge >= 0.3 is 6.03 Å². The molecular weight excluding hydrogens is 392 g/mol. The highest BCUT2D eigenvalue weighted by Gasteiger charge is 2.24. The van der Waals surface area contributed by atoms with Crippen molar-refractivity contribution in [3.05, 3.63) is 64.1 Å². The van der Waals surface area contributed by atoms with Crippen molar-refractivity contribution in [3.8, 4) is 0 Å². The number of hydrogen-bond donors (Lipinski definition) is 2. The maximum Gasteiger partial charge on any atom is 0.314 e. The molecular formula is C23H28N6O2. The number of nitrogens with one attached hydrogen (secondary N) is 2. The number of aryl methyl sites for hydroxylation is 1. The minimum absolute atomic E-state index is 0.0970. The first kappa shape index (κ1) is 20.8. The molecule has 4 rings (SSSR count). The minimum atomic E-state index is -0.142. The number of hydrogen-bond acceptors (Lipinski definition) is 5. The summed E-state index contributed by atoms with van der Waals surface area (Å²) in [5.74, 6) is 0.448. The number of anilines is 1. The van der Waals surface area contributed by atoms with Gasteiger partial charge in [-0.1, -0.05) is 29.8 Å². The van der Waals surface area contributed by atoms with Crippen LogP contribution in [0.3, 0.4) is 0 Å². The molecule has 0 radical (unpaired) electrons. The van der Waals surface area contributed by atoms with E-state index in [4.69, 9.17) is 0 Å². The minimum Gasteiger partial charge on any atom is -0.352 e. The second-order valence-electron chi connectivity index (χ2n) is 7.92. The number of aromatic nitrogens is 3. The quantitative estimate of drug-likeness (QED) is 0.661. The van der Waals surface area contributed by atoms with Gasteiger partial charge in [-0.3, -0.25) is 9.36 Å². The summed E-state index contributed by atoms with van der Waals surface area (Å²) < 4.78 is 1.71. The van der Waals surface area contributed by atoms with Gasteiger partial charge in [0.25, 0.3) is 5.56 Å². The summed E-state index contributed by atoms with van der Waals surface area (Å²) in [6.07, 6.45) is 3.22. The van der Waals surface area contributed by atoms with Crippen molar-refractivity contribution in [3.63, 3.8) is 0 Å². The Hall–Kier alpha value is -3.42. The van der Waals surface area contributed by atoms with Crippen molar-refractivity contribution >= 4 is 23.0 Å². The highest BCUT2D eigenvalue weighted by Crippen LogP contribution is 2.18. The summed E-state index contributed by atoms with van der Waals surface area (Å²) in [7, 11) is 0. The van der Waals surface area contributed by atoms with Crippen LogP contribution in [0.25, 0.3) is 11.2 Å². The van der Waals surface area contributed by atoms with Gasteiger partial charge in [0.2, 0.25) is 0 Å². The van der Waals surface area contributed by atoms with E-state index in [0.717, 1.165) is 18.4 Å². The topological polar surface area (TPSA) is 92.2 Å². The molecule has 3 aromatic rings. The number of benzene rings is 1. The van der Waals surface area contributed by atoms with Crippen LogP contribution in [0.5, 0.6) is 0 Å². The van der Waals surface area contributed by atoms with Crippen LogP contribution in [0.1, 0.15) is 30.9 Å². The van der Waals surface area contributed by atoms with Gasteiger partial charge in [-0.25, -0.2) is 14.8 Å². The van der Waals surface area contributed by atoms with Crippen LogP contribution in [-0.2, 0) is 6.54 Å². The molecule has 2 aromatic heterocycles. The second kappa shape index (κ2) is 9.16. The largest absolute Gasteiger partial charge is 0.352 e. The fourth-order valence-electron chi connectivity index (χ4n) is 3.92. The average molecular weight is 421 g/mol. The maximum atomic E-state index is 13.4. The van der Waals surface area contributed by atoms with Gasteiger partial charge in [-0.2, -0.15) is 0 Å². The second-order valence-corrected chi connectivity index (χ2v) is 7.92. The summed E-state index contributed by atoms with van der Waals surface area (Å²) in [4.78, 5) is 36.3. The van der Waals surface area contributed by atoms with Gasteiger partial charge < -0.3 is 15.5 Å². The van der Waals surface area contributed by atoms with E-state index >= 15 is 0 Å². The molecule has 1 aliphatic heterocycles. The summed E-state index contributed by atoms with van der Waals surface area (Å²) in [5.41, 5.74) is 3.37. The molecule has 1 aromatic carbocycles. The van der Waals surface area contributed by atoms with E-state index in [1.807, 2.05) is 55.1 Å². The van der Waals surface area contributed by atoms with Crippen molar-refractivity contribution < 1.29 is 4.79 Å². The Labute approximate surface area is 181 Å². The van der Waals surface area contributed by atoms with Crippen LogP contribution in [0.15, 0.2) is 47.4 Å². The first-order valence-corrected chi connectivity index (χ1v) is 10.8. The third-order valence-corrected chi connectivity index (χ3v) is 5.61. The number of nitrogens with zero attached hydrogens (tertiary/aromatic N) is 4. The van der Waals surface area contributed by atoms with Crippen LogP contribution < -0.4 is 21.1 Å². The van der Waals surface area contributed by atoms with E-state index in [9.17, 15) is 9.59 Å². The molecule has 8 nitrogen and oxygen atoms in total. The zero-order valence-electron chi connectivity index (χ0n) is 18.0. The smallest absolute Gasteiger partial charge is 0.314 e. The first-order valence-electron chi connectivity index (χ1n) is 10.8. The highest BCUT2D eigenvalue weighted by atomic mass is 16.2. The number of carbonyl (C=O) groups is 1. The zero-order valence-corrected chi connectivity index (χ0v) is 18.0. The summed E-state index contributed by atoms with van der Waals surface area (Å²) in [5, 5.41) is 5.76. The molecule has 2 N–H and O–H groups in total. The normalized spacial score (nSPS) is 14.6. The summed E-state index contributed by atoms with van der Waals surface area (Å²) in [6.45, 7) is 6.30. The fourth-order valence-corrected chi connectivity index (χ4v) is 3.92. The van der Waals surface area contributed by atoms with E-state index in [2.05, 4.69) is 20.6 Å². The summed E-state index contributed by atoms with van der Waals surface area (Å²) >= 11 is 0. The monoisotopic (exact) mass is 420 g/mol. The molecule has 1 aliphatic rings. The number of urea groups is 1. The molecule has 0 spiro atoms. The van der Waals surface area contributed by atoms with Gasteiger partial charge in [-0.05, 0) is 44.4 Å². The lowest BCUT2D eigenvalue weighted by Gasteiger charge is -2.33. The van der Waals surface area contributed by atoms with Crippen molar-refractivity contribution in [2.75, 3.05) is 24.5 Å². The van der Waals surface area contributed by atoms with E-state index in [0.29, 0.717) is 43.2 Å². The molecule has 162 valence electrons. The Balaban J connectivity index is 1.60. The predicted molar refractivity (Wildman–Crippen MR) is 122 cm³/mol. The first-order chi connectivity index (χ1) is 15.0. The molecule has 2 amide bonds. The van der Waals surface area contributed by atoms with Crippen LogP contribution in [0, 0.1) is 6.92 Å². The SMILES string of the molecule is CCNC(=O)NC1CCN(c2nc3cccnc3n(Cc3ccc(C)cc3)c2=O)CC1. The zero-order chi connectivity index (χ0) is 21.8. The Morgan fingerprint density at radius 2 is 1.90 bits per heavy atom. The van der Waals surface area contributed by atoms with E-state index in [1.54, 1.807) is 10.8 Å². The van der Waals surface area contributed by atoms with E-state index in [1.165, 1.54) is 5.56 Å². The molecule has 0 aliphatic carbocycles. The van der Waals surface area contributed by atoms with Crippen LogP contribution >= 0.6 is 0 Å². The van der Waals surface area contributed by atoms with Gasteiger partial charge in [0, 0.05) is 31.9 Å². The number of carbonyl (C=O) groups excluding carboxylic acids is 1. The number of pyridine rings is 1. The number of piperidine rings is 1. The Bertz CT molecular complexity index is 1120. The third kappa shape index (κ3) is 4.68. The standard InChI is InChI=1S/C23H28N6O2/c1-3-24-23(31)26-18-10-13-28(14-11-18)21-22(30)29(15-17-8-6-16(2)7-9-17)20-19(27-21)5-4-12-25-20/h4-9,12,18H,3,10-11,13-15H2,1-2H3,(H2,24,26,31). The maximum absolute atomic E-state index is 13.4. The molecule has 31 heavy (non-hydrogen) atoms. The van der Waals surface area contributed by atoms with Gasteiger partial charge in [0.05, 0.1) is 6.54 Å². The molecule has 1 saturated heterocycles. The molecule has 0 unspecified atom stereocenters. The van der Waals surface area contributed by atoms with Crippen molar-refractivity contribution in [1.82, 2.24) is 25.2 Å². The highest BCUT2D eigenvalue weighted by molar-refractivity contribution is 5.74. The lowest BCUT2D eigenvalue weighted by Crippen LogP contribution is -2.49. The number of amides is 2. The third-order valence-electron chi connectivity index (χ3n) is 5.61. The Kier molecular flexibility index (Phi) is 6.16. The molecule has 3 heterocycles. The fraction of sp³-hybridized carbons (Fsp3) is 0.391. The van der Waals surface area contributed by atoms with E-state index in [-0.39, 0.29) is 17.6 Å². The van der Waals surface area contributed by atoms with E-state index < -0.39 is 0 Å². The molecule has 0 bridgehead atoms. The number of rotatable bonds is 5. The average Bonchev–Trinajstić information content (AvgIpc) is 2.78. The van der Waals surface area contributed by atoms with Gasteiger partial charge in [0.1, 0.15) is 5.52 Å². The molecule has 8 heteroatoms. The Morgan fingerprint density at radius 1 is 1.16 bits per heavy atom. The molecule has 0 atom stereocenters.